The largest absolute Gasteiger partial charge is 0.339 e. The first kappa shape index (κ1) is 12.5. The summed E-state index contributed by atoms with van der Waals surface area (Å²) in [6, 6.07) is 7.72. The Balaban J connectivity index is 1.79. The molecule has 6 heteroatoms. The van der Waals surface area contributed by atoms with E-state index in [-0.39, 0.29) is 24.7 Å². The van der Waals surface area contributed by atoms with Gasteiger partial charge >= 0.3 is 0 Å². The average molecular weight is 271 g/mol. The summed E-state index contributed by atoms with van der Waals surface area (Å²) in [5, 5.41) is 6.20. The van der Waals surface area contributed by atoms with Gasteiger partial charge in [0.25, 0.3) is 0 Å². The number of carbonyl (C=O) groups is 2. The number of hydrogen-bond acceptors (Lipinski definition) is 5. The van der Waals surface area contributed by atoms with Crippen LogP contribution in [0.15, 0.2) is 28.8 Å². The number of amides is 2. The molecule has 1 aromatic carbocycles. The monoisotopic (exact) mass is 271 g/mol. The Morgan fingerprint density at radius 3 is 2.85 bits per heavy atom. The number of nitrogens with one attached hydrogen (secondary N) is 1. The highest BCUT2D eigenvalue weighted by Gasteiger charge is 2.32. The van der Waals surface area contributed by atoms with Crippen LogP contribution in [0.3, 0.4) is 0 Å². The van der Waals surface area contributed by atoms with Gasteiger partial charge in [-0.1, -0.05) is 29.4 Å². The molecule has 2 aromatic rings. The third kappa shape index (κ3) is 2.32. The molecule has 0 bridgehead atoms. The molecular weight excluding hydrogens is 258 g/mol. The van der Waals surface area contributed by atoms with Crippen molar-refractivity contribution in [1.82, 2.24) is 15.5 Å². The Morgan fingerprint density at radius 2 is 2.15 bits per heavy atom. The summed E-state index contributed by atoms with van der Waals surface area (Å²) in [5.74, 6) is -0.0575. The second-order valence-electron chi connectivity index (χ2n) is 4.84. The zero-order chi connectivity index (χ0) is 14.1. The topological polar surface area (TPSA) is 85.1 Å². The van der Waals surface area contributed by atoms with E-state index in [9.17, 15) is 9.59 Å². The smallest absolute Gasteiger partial charge is 0.230 e. The molecule has 2 heterocycles. The number of hydrogen-bond donors (Lipinski definition) is 1. The van der Waals surface area contributed by atoms with Crippen molar-refractivity contribution in [3.05, 3.63) is 35.7 Å². The Hall–Kier alpha value is -2.50. The minimum atomic E-state index is -0.410. The summed E-state index contributed by atoms with van der Waals surface area (Å²) in [7, 11) is 0. The lowest BCUT2D eigenvalue weighted by Gasteiger charge is -2.00. The van der Waals surface area contributed by atoms with Crippen LogP contribution in [0.1, 0.15) is 17.9 Å². The van der Waals surface area contributed by atoms with Crippen LogP contribution < -0.4 is 5.32 Å². The van der Waals surface area contributed by atoms with Crippen LogP contribution in [0.25, 0.3) is 11.4 Å². The number of benzene rings is 1. The molecule has 0 spiro atoms. The Labute approximate surface area is 115 Å². The van der Waals surface area contributed by atoms with E-state index in [1.54, 1.807) is 0 Å². The quantitative estimate of drug-likeness (QED) is 0.849. The summed E-state index contributed by atoms with van der Waals surface area (Å²) in [4.78, 5) is 26.9. The van der Waals surface area contributed by atoms with E-state index in [1.807, 2.05) is 31.2 Å². The number of aryl methyl sites for hydroxylation is 1. The fourth-order valence-corrected chi connectivity index (χ4v) is 2.25. The molecule has 102 valence electrons. The standard InChI is InChI=1S/C14H13N3O3/c1-8-4-2-3-5-10(8)13-16-12(20-17-13)7-9-6-11(18)15-14(9)19/h2-5,9H,6-7H2,1H3,(H,15,18,19). The van der Waals surface area contributed by atoms with Gasteiger partial charge in [0.2, 0.25) is 23.5 Å². The Kier molecular flexibility index (Phi) is 3.06. The maximum absolute atomic E-state index is 11.5. The lowest BCUT2D eigenvalue weighted by atomic mass is 10.0. The van der Waals surface area contributed by atoms with Gasteiger partial charge in [-0.15, -0.1) is 0 Å². The molecule has 1 aromatic heterocycles. The molecule has 1 saturated heterocycles. The molecule has 1 fully saturated rings. The normalized spacial score (nSPS) is 18.4. The summed E-state index contributed by atoms with van der Waals surface area (Å²) in [6.45, 7) is 1.97. The molecule has 20 heavy (non-hydrogen) atoms. The van der Waals surface area contributed by atoms with E-state index < -0.39 is 5.92 Å². The van der Waals surface area contributed by atoms with Gasteiger partial charge in [-0.3, -0.25) is 14.9 Å². The maximum atomic E-state index is 11.5. The predicted octanol–water partition coefficient (Wildman–Crippen LogP) is 1.25. The van der Waals surface area contributed by atoms with Crippen molar-refractivity contribution < 1.29 is 14.1 Å². The molecule has 6 nitrogen and oxygen atoms in total. The van der Waals surface area contributed by atoms with Gasteiger partial charge < -0.3 is 4.52 Å². The molecule has 0 saturated carbocycles. The third-order valence-electron chi connectivity index (χ3n) is 3.34. The van der Waals surface area contributed by atoms with Crippen LogP contribution in [-0.2, 0) is 16.0 Å². The van der Waals surface area contributed by atoms with Crippen molar-refractivity contribution >= 4 is 11.8 Å². The van der Waals surface area contributed by atoms with E-state index in [1.165, 1.54) is 0 Å². The van der Waals surface area contributed by atoms with Gasteiger partial charge in [0.15, 0.2) is 0 Å². The van der Waals surface area contributed by atoms with Crippen LogP contribution in [0.5, 0.6) is 0 Å². The van der Waals surface area contributed by atoms with Gasteiger partial charge in [-0.2, -0.15) is 4.98 Å². The molecule has 1 aliphatic rings. The maximum Gasteiger partial charge on any atom is 0.230 e. The lowest BCUT2D eigenvalue weighted by molar-refractivity contribution is -0.125. The van der Waals surface area contributed by atoms with Crippen LogP contribution in [-0.4, -0.2) is 22.0 Å². The first-order valence-corrected chi connectivity index (χ1v) is 6.36. The van der Waals surface area contributed by atoms with Gasteiger partial charge in [-0.25, -0.2) is 0 Å². The van der Waals surface area contributed by atoms with Crippen molar-refractivity contribution in [2.45, 2.75) is 19.8 Å². The molecule has 1 aliphatic heterocycles. The van der Waals surface area contributed by atoms with Crippen LogP contribution in [0.4, 0.5) is 0 Å². The Morgan fingerprint density at radius 1 is 1.35 bits per heavy atom. The van der Waals surface area contributed by atoms with Crippen molar-refractivity contribution in [2.24, 2.45) is 5.92 Å². The number of aromatic nitrogens is 2. The molecule has 1 unspecified atom stereocenters. The summed E-state index contributed by atoms with van der Waals surface area (Å²) < 4.78 is 5.17. The van der Waals surface area contributed by atoms with Crippen LogP contribution in [0, 0.1) is 12.8 Å². The highest BCUT2D eigenvalue weighted by atomic mass is 16.5. The Bertz CT molecular complexity index is 678. The van der Waals surface area contributed by atoms with Crippen molar-refractivity contribution in [1.29, 1.82) is 0 Å². The second kappa shape index (κ2) is 4.88. The van der Waals surface area contributed by atoms with E-state index in [0.29, 0.717) is 11.7 Å². The van der Waals surface area contributed by atoms with Crippen molar-refractivity contribution in [2.75, 3.05) is 0 Å². The SMILES string of the molecule is Cc1ccccc1-c1noc(CC2CC(=O)NC2=O)n1. The fourth-order valence-electron chi connectivity index (χ4n) is 2.25. The molecule has 0 radical (unpaired) electrons. The average Bonchev–Trinajstić information content (AvgIpc) is 2.98. The molecular formula is C14H13N3O3. The van der Waals surface area contributed by atoms with Crippen molar-refractivity contribution in [3.8, 4) is 11.4 Å². The summed E-state index contributed by atoms with van der Waals surface area (Å²) in [6.07, 6.45) is 0.470. The minimum absolute atomic E-state index is 0.181. The molecule has 0 aliphatic carbocycles. The highest BCUT2D eigenvalue weighted by molar-refractivity contribution is 6.03. The number of rotatable bonds is 3. The zero-order valence-corrected chi connectivity index (χ0v) is 10.9. The molecule has 3 rings (SSSR count). The summed E-state index contributed by atoms with van der Waals surface area (Å²) in [5.41, 5.74) is 1.95. The first-order chi connectivity index (χ1) is 9.63. The summed E-state index contributed by atoms with van der Waals surface area (Å²) >= 11 is 0. The third-order valence-corrected chi connectivity index (χ3v) is 3.34. The van der Waals surface area contributed by atoms with E-state index >= 15 is 0 Å². The predicted molar refractivity (Wildman–Crippen MR) is 69.4 cm³/mol. The zero-order valence-electron chi connectivity index (χ0n) is 10.9. The van der Waals surface area contributed by atoms with Gasteiger partial charge in [0.05, 0.1) is 5.92 Å². The minimum Gasteiger partial charge on any atom is -0.339 e. The fraction of sp³-hybridized carbons (Fsp3) is 0.286. The van der Waals surface area contributed by atoms with Gasteiger partial charge in [-0.05, 0) is 12.5 Å². The van der Waals surface area contributed by atoms with E-state index in [2.05, 4.69) is 15.5 Å². The number of imide groups is 1. The molecule has 2 amide bonds. The van der Waals surface area contributed by atoms with Crippen LogP contribution >= 0.6 is 0 Å². The number of carbonyl (C=O) groups excluding carboxylic acids is 2. The van der Waals surface area contributed by atoms with E-state index in [4.69, 9.17) is 4.52 Å². The molecule has 1 atom stereocenters. The van der Waals surface area contributed by atoms with Crippen LogP contribution in [0.2, 0.25) is 0 Å². The van der Waals surface area contributed by atoms with E-state index in [0.717, 1.165) is 11.1 Å². The van der Waals surface area contributed by atoms with Gasteiger partial charge in [0.1, 0.15) is 0 Å². The first-order valence-electron chi connectivity index (χ1n) is 6.36. The lowest BCUT2D eigenvalue weighted by Crippen LogP contribution is -2.22. The second-order valence-corrected chi connectivity index (χ2v) is 4.84. The van der Waals surface area contributed by atoms with Crippen molar-refractivity contribution in [3.63, 3.8) is 0 Å². The van der Waals surface area contributed by atoms with Gasteiger partial charge in [0, 0.05) is 18.4 Å². The highest BCUT2D eigenvalue weighted by Crippen LogP contribution is 2.22. The molecule has 1 N–H and O–H groups in total. The number of nitrogens with zero attached hydrogens (tertiary/aromatic N) is 2.